The molecule has 0 bridgehead atoms. The van der Waals surface area contributed by atoms with E-state index in [2.05, 4.69) is 17.2 Å². The number of hydrogen-bond acceptors (Lipinski definition) is 4. The molecule has 3 N–H and O–H groups in total. The van der Waals surface area contributed by atoms with Gasteiger partial charge in [0.05, 0.1) is 0 Å². The van der Waals surface area contributed by atoms with E-state index >= 15 is 0 Å². The summed E-state index contributed by atoms with van der Waals surface area (Å²) in [6.07, 6.45) is 1.53. The molecule has 0 unspecified atom stereocenters. The molecule has 0 fully saturated rings. The fourth-order valence-electron chi connectivity index (χ4n) is 2.23. The normalized spacial score (nSPS) is 12.7. The van der Waals surface area contributed by atoms with Gasteiger partial charge < -0.3 is 20.5 Å². The summed E-state index contributed by atoms with van der Waals surface area (Å²) in [6, 6.07) is 7.21. The third kappa shape index (κ3) is 7.38. The second-order valence-electron chi connectivity index (χ2n) is 6.19. The Hall–Kier alpha value is -2.83. The molecule has 1 aromatic rings. The lowest BCUT2D eigenvalue weighted by Crippen LogP contribution is -2.53. The predicted octanol–water partition coefficient (Wildman–Crippen LogP) is 2.47. The average molecular weight is 362 g/mol. The van der Waals surface area contributed by atoms with Crippen LogP contribution < -0.4 is 10.6 Å². The molecule has 0 heterocycles. The molecule has 0 radical (unpaired) electrons. The number of carbonyl (C=O) groups excluding carboxylic acids is 2. The summed E-state index contributed by atoms with van der Waals surface area (Å²) in [5.74, 6) is -1.93. The molecule has 1 rings (SSSR count). The zero-order valence-corrected chi connectivity index (χ0v) is 15.1. The Bertz CT molecular complexity index is 616. The van der Waals surface area contributed by atoms with Crippen molar-refractivity contribution >= 4 is 18.0 Å². The van der Waals surface area contributed by atoms with Crippen LogP contribution in [0.15, 0.2) is 43.0 Å². The third-order valence-corrected chi connectivity index (χ3v) is 3.71. The van der Waals surface area contributed by atoms with Crippen LogP contribution in [0.5, 0.6) is 0 Å². The van der Waals surface area contributed by atoms with Crippen LogP contribution in [0.25, 0.3) is 0 Å². The number of carbonyl (C=O) groups is 3. The monoisotopic (exact) mass is 362 g/mol. The van der Waals surface area contributed by atoms with E-state index in [0.29, 0.717) is 6.42 Å². The third-order valence-electron chi connectivity index (χ3n) is 3.71. The van der Waals surface area contributed by atoms with Crippen molar-refractivity contribution < 1.29 is 24.2 Å². The van der Waals surface area contributed by atoms with Gasteiger partial charge in [-0.25, -0.2) is 9.59 Å². The average Bonchev–Trinajstić information content (AvgIpc) is 2.61. The minimum Gasteiger partial charge on any atom is -0.480 e. The molecule has 142 valence electrons. The Morgan fingerprint density at radius 1 is 1.19 bits per heavy atom. The highest BCUT2D eigenvalue weighted by Gasteiger charge is 2.28. The molecule has 26 heavy (non-hydrogen) atoms. The quantitative estimate of drug-likeness (QED) is 0.555. The van der Waals surface area contributed by atoms with Gasteiger partial charge in [-0.05, 0) is 24.3 Å². The highest BCUT2D eigenvalue weighted by molar-refractivity contribution is 5.89. The first kappa shape index (κ1) is 21.2. The number of ether oxygens (including phenoxy) is 1. The molecule has 1 aromatic carbocycles. The molecule has 0 aromatic heterocycles. The van der Waals surface area contributed by atoms with Gasteiger partial charge in [-0.3, -0.25) is 4.79 Å². The summed E-state index contributed by atoms with van der Waals surface area (Å²) >= 11 is 0. The van der Waals surface area contributed by atoms with E-state index in [4.69, 9.17) is 4.74 Å². The molecule has 7 heteroatoms. The Labute approximate surface area is 153 Å². The molecule has 2 amide bonds. The summed E-state index contributed by atoms with van der Waals surface area (Å²) in [6.45, 7) is 7.12. The number of alkyl carbamates (subject to hydrolysis) is 1. The molecule has 0 aliphatic carbocycles. The summed E-state index contributed by atoms with van der Waals surface area (Å²) in [4.78, 5) is 35.6. The van der Waals surface area contributed by atoms with E-state index in [1.165, 1.54) is 0 Å². The fraction of sp³-hybridized carbons (Fsp3) is 0.421. The number of carboxylic acid groups (broad SMARTS) is 1. The zero-order chi connectivity index (χ0) is 19.5. The van der Waals surface area contributed by atoms with Crippen molar-refractivity contribution in [2.75, 3.05) is 0 Å². The van der Waals surface area contributed by atoms with Gasteiger partial charge in [0.1, 0.15) is 18.7 Å². The van der Waals surface area contributed by atoms with Gasteiger partial charge >= 0.3 is 12.1 Å². The van der Waals surface area contributed by atoms with E-state index in [-0.39, 0.29) is 18.9 Å². The lowest BCUT2D eigenvalue weighted by molar-refractivity contribution is -0.142. The SMILES string of the molecule is C=CCC[C@H](NC(=O)[C@@H](NC(=O)OCc1ccccc1)C(C)C)C(=O)O. The van der Waals surface area contributed by atoms with Crippen LogP contribution in [0.4, 0.5) is 4.79 Å². The molecule has 0 aliphatic rings. The number of rotatable bonds is 10. The Balaban J connectivity index is 2.62. The number of aliphatic carboxylic acids is 1. The first-order valence-electron chi connectivity index (χ1n) is 8.46. The predicted molar refractivity (Wildman–Crippen MR) is 97.4 cm³/mol. The minimum atomic E-state index is -1.13. The van der Waals surface area contributed by atoms with Crippen molar-refractivity contribution in [3.63, 3.8) is 0 Å². The first-order valence-corrected chi connectivity index (χ1v) is 8.46. The standard InChI is InChI=1S/C19H26N2O5/c1-4-5-11-15(18(23)24)20-17(22)16(13(2)3)21-19(25)26-12-14-9-7-6-8-10-14/h4,6-10,13,15-16H,1,5,11-12H2,2-3H3,(H,20,22)(H,21,25)(H,23,24)/t15-,16-/m0/s1. The van der Waals surface area contributed by atoms with Crippen LogP contribution in [0.2, 0.25) is 0 Å². The smallest absolute Gasteiger partial charge is 0.408 e. The maximum atomic E-state index is 12.4. The zero-order valence-electron chi connectivity index (χ0n) is 15.1. The van der Waals surface area contributed by atoms with E-state index in [0.717, 1.165) is 5.56 Å². The number of allylic oxidation sites excluding steroid dienone is 1. The molecule has 0 spiro atoms. The summed E-state index contributed by atoms with van der Waals surface area (Å²) in [7, 11) is 0. The Morgan fingerprint density at radius 3 is 2.38 bits per heavy atom. The van der Waals surface area contributed by atoms with Gasteiger partial charge in [-0.15, -0.1) is 6.58 Å². The van der Waals surface area contributed by atoms with Crippen molar-refractivity contribution in [1.29, 1.82) is 0 Å². The second-order valence-corrected chi connectivity index (χ2v) is 6.19. The molecule has 0 saturated carbocycles. The maximum absolute atomic E-state index is 12.4. The van der Waals surface area contributed by atoms with E-state index in [9.17, 15) is 19.5 Å². The van der Waals surface area contributed by atoms with Gasteiger partial charge in [0.15, 0.2) is 0 Å². The topological polar surface area (TPSA) is 105 Å². The first-order chi connectivity index (χ1) is 12.3. The van der Waals surface area contributed by atoms with Gasteiger partial charge in [-0.1, -0.05) is 50.3 Å². The van der Waals surface area contributed by atoms with Crippen LogP contribution in [-0.2, 0) is 20.9 Å². The van der Waals surface area contributed by atoms with Crippen molar-refractivity contribution in [1.82, 2.24) is 10.6 Å². The lowest BCUT2D eigenvalue weighted by atomic mass is 10.0. The summed E-state index contributed by atoms with van der Waals surface area (Å²) < 4.78 is 5.12. The maximum Gasteiger partial charge on any atom is 0.408 e. The van der Waals surface area contributed by atoms with Gasteiger partial charge in [-0.2, -0.15) is 0 Å². The van der Waals surface area contributed by atoms with Crippen molar-refractivity contribution in [3.8, 4) is 0 Å². The van der Waals surface area contributed by atoms with Crippen LogP contribution >= 0.6 is 0 Å². The van der Waals surface area contributed by atoms with Crippen LogP contribution in [0.1, 0.15) is 32.3 Å². The fourth-order valence-corrected chi connectivity index (χ4v) is 2.23. The number of carboxylic acids is 1. The minimum absolute atomic E-state index is 0.0796. The van der Waals surface area contributed by atoms with E-state index in [1.807, 2.05) is 30.3 Å². The number of hydrogen-bond donors (Lipinski definition) is 3. The van der Waals surface area contributed by atoms with Crippen molar-refractivity contribution in [3.05, 3.63) is 48.6 Å². The van der Waals surface area contributed by atoms with E-state index < -0.39 is 30.1 Å². The lowest BCUT2D eigenvalue weighted by Gasteiger charge is -2.23. The van der Waals surface area contributed by atoms with Crippen LogP contribution in [0.3, 0.4) is 0 Å². The molecular formula is C19H26N2O5. The number of benzene rings is 1. The summed E-state index contributed by atoms with van der Waals surface area (Å²) in [5, 5.41) is 14.2. The highest BCUT2D eigenvalue weighted by atomic mass is 16.5. The Kier molecular flexibility index (Phi) is 8.91. The second kappa shape index (κ2) is 10.9. The van der Waals surface area contributed by atoms with Crippen molar-refractivity contribution in [2.24, 2.45) is 5.92 Å². The van der Waals surface area contributed by atoms with Gasteiger partial charge in [0, 0.05) is 0 Å². The van der Waals surface area contributed by atoms with Crippen molar-refractivity contribution in [2.45, 2.75) is 45.4 Å². The van der Waals surface area contributed by atoms with Gasteiger partial charge in [0.2, 0.25) is 5.91 Å². The molecule has 0 aliphatic heterocycles. The van der Waals surface area contributed by atoms with Crippen LogP contribution in [-0.4, -0.2) is 35.2 Å². The number of nitrogens with one attached hydrogen (secondary N) is 2. The van der Waals surface area contributed by atoms with Gasteiger partial charge in [0.25, 0.3) is 0 Å². The number of amides is 2. The highest BCUT2D eigenvalue weighted by Crippen LogP contribution is 2.06. The molecule has 2 atom stereocenters. The molecular weight excluding hydrogens is 336 g/mol. The van der Waals surface area contributed by atoms with E-state index in [1.54, 1.807) is 19.9 Å². The Morgan fingerprint density at radius 2 is 1.85 bits per heavy atom. The summed E-state index contributed by atoms with van der Waals surface area (Å²) in [5.41, 5.74) is 0.823. The molecule has 0 saturated heterocycles. The molecule has 7 nitrogen and oxygen atoms in total. The van der Waals surface area contributed by atoms with Crippen LogP contribution in [0, 0.1) is 5.92 Å². The largest absolute Gasteiger partial charge is 0.480 e.